The van der Waals surface area contributed by atoms with Gasteiger partial charge >= 0.3 is 0 Å². The Labute approximate surface area is 131 Å². The zero-order valence-electron chi connectivity index (χ0n) is 11.5. The summed E-state index contributed by atoms with van der Waals surface area (Å²) in [5, 5.41) is 3.17. The smallest absolute Gasteiger partial charge is 0.119 e. The maximum atomic E-state index is 5.67. The molecule has 0 saturated heterocycles. The van der Waals surface area contributed by atoms with Gasteiger partial charge in [-0.05, 0) is 37.1 Å². The monoisotopic (exact) mass is 355 g/mol. The second-order valence-corrected chi connectivity index (χ2v) is 6.50. The molecule has 1 aromatic carbocycles. The van der Waals surface area contributed by atoms with Gasteiger partial charge in [0.15, 0.2) is 0 Å². The van der Waals surface area contributed by atoms with Crippen LogP contribution in [0.1, 0.15) is 16.3 Å². The van der Waals surface area contributed by atoms with Crippen LogP contribution in [-0.2, 0) is 12.8 Å². The lowest BCUT2D eigenvalue weighted by atomic mass is 10.0. The molecule has 2 rings (SSSR count). The molecule has 0 spiro atoms. The van der Waals surface area contributed by atoms with Crippen molar-refractivity contribution >= 4 is 27.3 Å². The molecule has 0 radical (unpaired) electrons. The first kappa shape index (κ1) is 15.4. The lowest BCUT2D eigenvalue weighted by Crippen LogP contribution is -2.38. The Morgan fingerprint density at radius 1 is 1.45 bits per heavy atom. The molecule has 6 heteroatoms. The van der Waals surface area contributed by atoms with Crippen molar-refractivity contribution in [2.24, 2.45) is 5.84 Å². The minimum Gasteiger partial charge on any atom is -0.497 e. The minimum atomic E-state index is 0.139. The van der Waals surface area contributed by atoms with Gasteiger partial charge in [0.1, 0.15) is 5.75 Å². The number of hydrogen-bond donors (Lipinski definition) is 2. The van der Waals surface area contributed by atoms with E-state index < -0.39 is 0 Å². The first-order valence-corrected chi connectivity index (χ1v) is 7.99. The molecule has 0 saturated carbocycles. The van der Waals surface area contributed by atoms with Crippen molar-refractivity contribution in [3.63, 3.8) is 0 Å². The molecule has 0 aliphatic heterocycles. The fourth-order valence-electron chi connectivity index (χ4n) is 2.04. The van der Waals surface area contributed by atoms with Crippen molar-refractivity contribution in [1.29, 1.82) is 0 Å². The lowest BCUT2D eigenvalue weighted by molar-refractivity contribution is 0.413. The molecule has 1 heterocycles. The lowest BCUT2D eigenvalue weighted by Gasteiger charge is -2.16. The van der Waals surface area contributed by atoms with Crippen LogP contribution >= 0.6 is 27.3 Å². The number of ether oxygens (including phenoxy) is 1. The van der Waals surface area contributed by atoms with Gasteiger partial charge in [0.25, 0.3) is 0 Å². The summed E-state index contributed by atoms with van der Waals surface area (Å²) >= 11 is 5.23. The van der Waals surface area contributed by atoms with Crippen molar-refractivity contribution in [2.45, 2.75) is 25.8 Å². The Hall–Kier alpha value is -0.950. The molecular weight excluding hydrogens is 338 g/mol. The molecule has 20 heavy (non-hydrogen) atoms. The Bertz CT molecular complexity index is 573. The Balaban J connectivity index is 2.09. The average molecular weight is 356 g/mol. The number of nitrogens with one attached hydrogen (secondary N) is 1. The van der Waals surface area contributed by atoms with E-state index in [-0.39, 0.29) is 6.04 Å². The molecule has 2 aromatic rings. The molecule has 0 aliphatic rings. The SMILES string of the molecule is COc1ccc(Br)c(CC(Cc2csc(C)n2)NN)c1. The Kier molecular flexibility index (Phi) is 5.54. The fourth-order valence-corrected chi connectivity index (χ4v) is 3.08. The van der Waals surface area contributed by atoms with Crippen LogP contribution in [0, 0.1) is 6.92 Å². The third-order valence-electron chi connectivity index (χ3n) is 3.08. The highest BCUT2D eigenvalue weighted by molar-refractivity contribution is 9.10. The van der Waals surface area contributed by atoms with Crippen LogP contribution in [0.15, 0.2) is 28.1 Å². The molecular formula is C14H18BrN3OS. The summed E-state index contributed by atoms with van der Waals surface area (Å²) in [5.74, 6) is 6.53. The number of nitrogens with zero attached hydrogens (tertiary/aromatic N) is 1. The predicted molar refractivity (Wildman–Crippen MR) is 86.1 cm³/mol. The van der Waals surface area contributed by atoms with Crippen molar-refractivity contribution in [3.05, 3.63) is 44.3 Å². The molecule has 108 valence electrons. The van der Waals surface area contributed by atoms with Crippen LogP contribution in [-0.4, -0.2) is 18.1 Å². The van der Waals surface area contributed by atoms with Crippen LogP contribution in [0.5, 0.6) is 5.75 Å². The van der Waals surface area contributed by atoms with E-state index in [9.17, 15) is 0 Å². The highest BCUT2D eigenvalue weighted by Gasteiger charge is 2.13. The highest BCUT2D eigenvalue weighted by Crippen LogP contribution is 2.24. The first-order valence-electron chi connectivity index (χ1n) is 6.32. The summed E-state index contributed by atoms with van der Waals surface area (Å²) in [6, 6.07) is 6.09. The minimum absolute atomic E-state index is 0.139. The molecule has 0 bridgehead atoms. The summed E-state index contributed by atoms with van der Waals surface area (Å²) in [6.45, 7) is 2.01. The number of thiazole rings is 1. The molecule has 1 atom stereocenters. The van der Waals surface area contributed by atoms with Gasteiger partial charge in [0.2, 0.25) is 0 Å². The van der Waals surface area contributed by atoms with E-state index in [2.05, 4.69) is 31.7 Å². The van der Waals surface area contributed by atoms with Crippen molar-refractivity contribution in [3.8, 4) is 5.75 Å². The van der Waals surface area contributed by atoms with Gasteiger partial charge in [-0.2, -0.15) is 0 Å². The Morgan fingerprint density at radius 2 is 2.25 bits per heavy atom. The topological polar surface area (TPSA) is 60.2 Å². The normalized spacial score (nSPS) is 12.4. The van der Waals surface area contributed by atoms with Gasteiger partial charge in [0.05, 0.1) is 17.8 Å². The Morgan fingerprint density at radius 3 is 2.85 bits per heavy atom. The number of halogens is 1. The number of rotatable bonds is 6. The van der Waals surface area contributed by atoms with Crippen molar-refractivity contribution < 1.29 is 4.74 Å². The molecule has 3 N–H and O–H groups in total. The first-order chi connectivity index (χ1) is 9.62. The number of benzene rings is 1. The van der Waals surface area contributed by atoms with Gasteiger partial charge in [0, 0.05) is 22.3 Å². The number of methoxy groups -OCH3 is 1. The molecule has 1 aromatic heterocycles. The highest BCUT2D eigenvalue weighted by atomic mass is 79.9. The van der Waals surface area contributed by atoms with Gasteiger partial charge in [-0.1, -0.05) is 15.9 Å². The van der Waals surface area contributed by atoms with Gasteiger partial charge < -0.3 is 4.74 Å². The van der Waals surface area contributed by atoms with E-state index in [1.165, 1.54) is 5.56 Å². The molecule has 1 unspecified atom stereocenters. The summed E-state index contributed by atoms with van der Waals surface area (Å²) in [4.78, 5) is 4.48. The van der Waals surface area contributed by atoms with Crippen LogP contribution in [0.4, 0.5) is 0 Å². The standard InChI is InChI=1S/C14H18BrN3OS/c1-9-17-12(8-20-9)7-11(18-16)5-10-6-13(19-2)3-4-14(10)15/h3-4,6,8,11,18H,5,7,16H2,1-2H3. The summed E-state index contributed by atoms with van der Waals surface area (Å²) in [5.41, 5.74) is 5.12. The zero-order chi connectivity index (χ0) is 14.5. The van der Waals surface area contributed by atoms with E-state index in [4.69, 9.17) is 10.6 Å². The van der Waals surface area contributed by atoms with Crippen LogP contribution in [0.2, 0.25) is 0 Å². The van der Waals surface area contributed by atoms with E-state index in [0.29, 0.717) is 0 Å². The largest absolute Gasteiger partial charge is 0.497 e. The predicted octanol–water partition coefficient (Wildman–Crippen LogP) is 2.84. The van der Waals surface area contributed by atoms with Crippen LogP contribution in [0.3, 0.4) is 0 Å². The maximum absolute atomic E-state index is 5.67. The number of nitrogens with two attached hydrogens (primary N) is 1. The molecule has 4 nitrogen and oxygen atoms in total. The van der Waals surface area contributed by atoms with E-state index in [0.717, 1.165) is 33.8 Å². The van der Waals surface area contributed by atoms with Gasteiger partial charge in [-0.15, -0.1) is 11.3 Å². The molecule has 0 amide bonds. The summed E-state index contributed by atoms with van der Waals surface area (Å²) in [7, 11) is 1.67. The molecule has 0 fully saturated rings. The van der Waals surface area contributed by atoms with E-state index in [1.54, 1.807) is 18.4 Å². The number of aromatic nitrogens is 1. The second-order valence-electron chi connectivity index (χ2n) is 4.59. The van der Waals surface area contributed by atoms with Gasteiger partial charge in [-0.25, -0.2) is 4.98 Å². The molecule has 0 aliphatic carbocycles. The maximum Gasteiger partial charge on any atom is 0.119 e. The fraction of sp³-hybridized carbons (Fsp3) is 0.357. The quantitative estimate of drug-likeness (QED) is 0.617. The van der Waals surface area contributed by atoms with Crippen molar-refractivity contribution in [1.82, 2.24) is 10.4 Å². The number of aryl methyl sites for hydroxylation is 1. The second kappa shape index (κ2) is 7.17. The van der Waals surface area contributed by atoms with Crippen LogP contribution in [0.25, 0.3) is 0 Å². The summed E-state index contributed by atoms with van der Waals surface area (Å²) < 4.78 is 6.33. The third-order valence-corrected chi connectivity index (χ3v) is 4.67. The third kappa shape index (κ3) is 4.02. The number of hydrogen-bond acceptors (Lipinski definition) is 5. The van der Waals surface area contributed by atoms with E-state index in [1.807, 2.05) is 25.1 Å². The van der Waals surface area contributed by atoms with Gasteiger partial charge in [-0.3, -0.25) is 11.3 Å². The average Bonchev–Trinajstić information content (AvgIpc) is 2.85. The van der Waals surface area contributed by atoms with Crippen LogP contribution < -0.4 is 16.0 Å². The summed E-state index contributed by atoms with van der Waals surface area (Å²) in [6.07, 6.45) is 1.62. The van der Waals surface area contributed by atoms with E-state index >= 15 is 0 Å². The number of hydrazine groups is 1. The zero-order valence-corrected chi connectivity index (χ0v) is 13.9. The van der Waals surface area contributed by atoms with Crippen molar-refractivity contribution in [2.75, 3.05) is 7.11 Å².